The van der Waals surface area contributed by atoms with Crippen LogP contribution in [0.25, 0.3) is 17.1 Å². The van der Waals surface area contributed by atoms with Crippen molar-refractivity contribution in [1.82, 2.24) is 9.97 Å². The van der Waals surface area contributed by atoms with Crippen molar-refractivity contribution in [2.75, 3.05) is 0 Å². The maximum atomic E-state index is 10.2. The van der Waals surface area contributed by atoms with Gasteiger partial charge in [0.05, 0.1) is 0 Å². The summed E-state index contributed by atoms with van der Waals surface area (Å²) in [5.41, 5.74) is 1.78. The number of H-pyrrole nitrogens is 1. The monoisotopic (exact) mass is 250 g/mol. The van der Waals surface area contributed by atoms with Crippen LogP contribution < -0.4 is 0 Å². The molecule has 14 heavy (non-hydrogen) atoms. The van der Waals surface area contributed by atoms with Crippen LogP contribution in [0.2, 0.25) is 0 Å². The van der Waals surface area contributed by atoms with Gasteiger partial charge in [-0.2, -0.15) is 0 Å². The van der Waals surface area contributed by atoms with Crippen molar-refractivity contribution < 1.29 is 4.79 Å². The molecule has 2 rings (SSSR count). The Bertz CT molecular complexity index is 502. The van der Waals surface area contributed by atoms with Gasteiger partial charge in [0.25, 0.3) is 0 Å². The fraction of sp³-hybridized carbons (Fsp3) is 0. The Balaban J connectivity index is 2.60. The molecule has 0 atom stereocenters. The lowest BCUT2D eigenvalue weighted by Gasteiger charge is -1.91. The van der Waals surface area contributed by atoms with Gasteiger partial charge in [-0.1, -0.05) is 0 Å². The average Bonchev–Trinajstić information content (AvgIpc) is 2.57. The van der Waals surface area contributed by atoms with Crippen LogP contribution in [0.3, 0.4) is 0 Å². The molecule has 0 aliphatic carbocycles. The second kappa shape index (κ2) is 3.75. The van der Waals surface area contributed by atoms with Crippen molar-refractivity contribution in [3.63, 3.8) is 0 Å². The molecule has 0 saturated heterocycles. The zero-order valence-corrected chi connectivity index (χ0v) is 8.78. The molecule has 0 aliphatic heterocycles. The molecule has 2 aromatic heterocycles. The quantitative estimate of drug-likeness (QED) is 0.658. The van der Waals surface area contributed by atoms with E-state index in [1.807, 2.05) is 12.3 Å². The molecule has 1 N–H and O–H groups in total. The zero-order chi connectivity index (χ0) is 9.97. The van der Waals surface area contributed by atoms with Crippen molar-refractivity contribution >= 4 is 39.3 Å². The van der Waals surface area contributed by atoms with E-state index in [1.54, 1.807) is 12.3 Å². The first kappa shape index (κ1) is 9.15. The normalized spacial score (nSPS) is 11.2. The molecule has 70 valence electrons. The Morgan fingerprint density at radius 3 is 3.14 bits per heavy atom. The lowest BCUT2D eigenvalue weighted by atomic mass is 10.2. The Morgan fingerprint density at radius 1 is 1.50 bits per heavy atom. The molecule has 2 heterocycles. The summed E-state index contributed by atoms with van der Waals surface area (Å²) in [4.78, 5) is 17.4. The Kier molecular flexibility index (Phi) is 2.45. The highest BCUT2D eigenvalue weighted by molar-refractivity contribution is 9.10. The standard InChI is InChI=1S/C10H7BrN2O/c11-8-4-9-7(2-1-3-14)5-12-10(9)13-6-8/h1-6H,(H,12,13). The molecule has 0 amide bonds. The number of carbonyl (C=O) groups excluding carboxylic acids is 1. The van der Waals surface area contributed by atoms with E-state index in [0.717, 1.165) is 27.4 Å². The molecular formula is C10H7BrN2O. The topological polar surface area (TPSA) is 45.8 Å². The van der Waals surface area contributed by atoms with Gasteiger partial charge in [-0.15, -0.1) is 0 Å². The number of hydrogen-bond acceptors (Lipinski definition) is 2. The van der Waals surface area contributed by atoms with Gasteiger partial charge in [0.15, 0.2) is 0 Å². The van der Waals surface area contributed by atoms with E-state index >= 15 is 0 Å². The number of hydrogen-bond donors (Lipinski definition) is 1. The number of carbonyl (C=O) groups is 1. The van der Waals surface area contributed by atoms with Crippen molar-refractivity contribution in [3.8, 4) is 0 Å². The maximum absolute atomic E-state index is 10.2. The largest absolute Gasteiger partial charge is 0.346 e. The van der Waals surface area contributed by atoms with E-state index in [4.69, 9.17) is 0 Å². The van der Waals surface area contributed by atoms with Crippen LogP contribution in [0.1, 0.15) is 5.56 Å². The molecule has 0 spiro atoms. The summed E-state index contributed by atoms with van der Waals surface area (Å²) in [7, 11) is 0. The average molecular weight is 251 g/mol. The van der Waals surface area contributed by atoms with Crippen LogP contribution in [0.15, 0.2) is 29.0 Å². The Hall–Kier alpha value is -1.42. The summed E-state index contributed by atoms with van der Waals surface area (Å²) >= 11 is 3.35. The van der Waals surface area contributed by atoms with Crippen molar-refractivity contribution in [2.45, 2.75) is 0 Å². The fourth-order valence-corrected chi connectivity index (χ4v) is 1.61. The van der Waals surface area contributed by atoms with E-state index in [2.05, 4.69) is 25.9 Å². The molecular weight excluding hydrogens is 244 g/mol. The van der Waals surface area contributed by atoms with Crippen LogP contribution in [0.5, 0.6) is 0 Å². The minimum Gasteiger partial charge on any atom is -0.346 e. The number of fused-ring (bicyclic) bond motifs is 1. The second-order valence-electron chi connectivity index (χ2n) is 2.79. The predicted octanol–water partition coefficient (Wildman–Crippen LogP) is 2.54. The van der Waals surface area contributed by atoms with E-state index < -0.39 is 0 Å². The molecule has 0 aliphatic rings. The van der Waals surface area contributed by atoms with E-state index in [1.165, 1.54) is 6.08 Å². The van der Waals surface area contributed by atoms with Gasteiger partial charge in [0, 0.05) is 27.8 Å². The molecule has 0 radical (unpaired) electrons. The second-order valence-corrected chi connectivity index (χ2v) is 3.70. The first-order valence-corrected chi connectivity index (χ1v) is 4.85. The molecule has 0 saturated carbocycles. The minimum absolute atomic E-state index is 0.754. The third-order valence-corrected chi connectivity index (χ3v) is 2.32. The molecule has 0 aromatic carbocycles. The number of aldehydes is 1. The smallest absolute Gasteiger partial charge is 0.142 e. The van der Waals surface area contributed by atoms with Crippen molar-refractivity contribution in [2.24, 2.45) is 0 Å². The van der Waals surface area contributed by atoms with E-state index in [0.29, 0.717) is 0 Å². The van der Waals surface area contributed by atoms with Crippen LogP contribution in [-0.4, -0.2) is 16.3 Å². The van der Waals surface area contributed by atoms with E-state index in [-0.39, 0.29) is 0 Å². The van der Waals surface area contributed by atoms with Gasteiger partial charge in [-0.05, 0) is 34.1 Å². The third kappa shape index (κ3) is 1.61. The fourth-order valence-electron chi connectivity index (χ4n) is 1.28. The number of aromatic amines is 1. The predicted molar refractivity (Wildman–Crippen MR) is 58.9 cm³/mol. The zero-order valence-electron chi connectivity index (χ0n) is 7.20. The van der Waals surface area contributed by atoms with Crippen LogP contribution in [-0.2, 0) is 4.79 Å². The summed E-state index contributed by atoms with van der Waals surface area (Å²) in [6.45, 7) is 0. The highest BCUT2D eigenvalue weighted by Crippen LogP contribution is 2.21. The van der Waals surface area contributed by atoms with Gasteiger partial charge in [0.1, 0.15) is 11.9 Å². The molecule has 4 heteroatoms. The third-order valence-electron chi connectivity index (χ3n) is 1.88. The highest BCUT2D eigenvalue weighted by atomic mass is 79.9. The van der Waals surface area contributed by atoms with Crippen molar-refractivity contribution in [1.29, 1.82) is 0 Å². The summed E-state index contributed by atoms with van der Waals surface area (Å²) in [5.74, 6) is 0. The molecule has 3 nitrogen and oxygen atoms in total. The number of halogens is 1. The number of nitrogens with one attached hydrogen (secondary N) is 1. The number of rotatable bonds is 2. The number of nitrogens with zero attached hydrogens (tertiary/aromatic N) is 1. The van der Waals surface area contributed by atoms with Crippen molar-refractivity contribution in [3.05, 3.63) is 34.6 Å². The molecule has 0 fully saturated rings. The number of pyridine rings is 1. The van der Waals surface area contributed by atoms with Gasteiger partial charge >= 0.3 is 0 Å². The summed E-state index contributed by atoms with van der Waals surface area (Å²) in [6, 6.07) is 1.96. The van der Waals surface area contributed by atoms with Crippen LogP contribution in [0.4, 0.5) is 0 Å². The Morgan fingerprint density at radius 2 is 2.36 bits per heavy atom. The maximum Gasteiger partial charge on any atom is 0.142 e. The van der Waals surface area contributed by atoms with Gasteiger partial charge in [0.2, 0.25) is 0 Å². The molecule has 0 unspecified atom stereocenters. The lowest BCUT2D eigenvalue weighted by molar-refractivity contribution is -0.104. The SMILES string of the molecule is O=CC=Cc1c[nH]c2ncc(Br)cc12. The highest BCUT2D eigenvalue weighted by Gasteiger charge is 2.01. The van der Waals surface area contributed by atoms with Gasteiger partial charge < -0.3 is 4.98 Å². The van der Waals surface area contributed by atoms with Gasteiger partial charge in [-0.3, -0.25) is 4.79 Å². The minimum atomic E-state index is 0.754. The van der Waals surface area contributed by atoms with Crippen LogP contribution in [0, 0.1) is 0 Å². The molecule has 0 bridgehead atoms. The number of aromatic nitrogens is 2. The first-order valence-electron chi connectivity index (χ1n) is 4.06. The summed E-state index contributed by atoms with van der Waals surface area (Å²) < 4.78 is 0.922. The Labute approximate surface area is 89.0 Å². The van der Waals surface area contributed by atoms with Gasteiger partial charge in [-0.25, -0.2) is 4.98 Å². The molecule has 2 aromatic rings. The van der Waals surface area contributed by atoms with Crippen LogP contribution >= 0.6 is 15.9 Å². The van der Waals surface area contributed by atoms with E-state index in [9.17, 15) is 4.79 Å². The first-order chi connectivity index (χ1) is 6.81. The lowest BCUT2D eigenvalue weighted by Crippen LogP contribution is -1.75. The number of allylic oxidation sites excluding steroid dienone is 1. The summed E-state index contributed by atoms with van der Waals surface area (Å²) in [5, 5.41) is 0.998. The summed E-state index contributed by atoms with van der Waals surface area (Å²) in [6.07, 6.45) is 7.52.